The summed E-state index contributed by atoms with van der Waals surface area (Å²) in [6.07, 6.45) is 0. The maximum Gasteiger partial charge on any atom is 0.345 e. The van der Waals surface area contributed by atoms with Crippen LogP contribution in [0.1, 0.15) is 11.1 Å². The Morgan fingerprint density at radius 3 is 1.61 bits per heavy atom. The zero-order valence-electron chi connectivity index (χ0n) is 12.4. The number of aliphatic carboxylic acids is 1. The van der Waals surface area contributed by atoms with Gasteiger partial charge in [0, 0.05) is 0 Å². The van der Waals surface area contributed by atoms with Crippen LogP contribution in [0, 0.1) is 0 Å². The first-order valence-electron chi connectivity index (χ1n) is 7.29. The third-order valence-electron chi connectivity index (χ3n) is 3.91. The molecule has 0 aliphatic carbocycles. The molecule has 3 aromatic carbocycles. The van der Waals surface area contributed by atoms with E-state index >= 15 is 0 Å². The lowest BCUT2D eigenvalue weighted by Crippen LogP contribution is -2.36. The molecule has 0 aliphatic heterocycles. The van der Waals surface area contributed by atoms with Crippen molar-refractivity contribution in [1.29, 1.82) is 0 Å². The van der Waals surface area contributed by atoms with Gasteiger partial charge in [0.25, 0.3) is 0 Å². The SMILES string of the molecule is O=C(O)C(O)(c1ccccc1)c1ccc(-c2ccccc2)cc1. The average Bonchev–Trinajstić information content (AvgIpc) is 2.62. The molecule has 0 radical (unpaired) electrons. The van der Waals surface area contributed by atoms with Crippen LogP contribution in [-0.2, 0) is 10.4 Å². The predicted octanol–water partition coefficient (Wildman–Crippen LogP) is 3.67. The lowest BCUT2D eigenvalue weighted by Gasteiger charge is -2.24. The van der Waals surface area contributed by atoms with Gasteiger partial charge < -0.3 is 10.2 Å². The summed E-state index contributed by atoms with van der Waals surface area (Å²) in [5.41, 5.74) is 0.611. The van der Waals surface area contributed by atoms with Gasteiger partial charge in [-0.25, -0.2) is 4.79 Å². The van der Waals surface area contributed by atoms with Crippen LogP contribution in [0.2, 0.25) is 0 Å². The highest BCUT2D eigenvalue weighted by molar-refractivity contribution is 5.84. The van der Waals surface area contributed by atoms with Crippen molar-refractivity contribution in [1.82, 2.24) is 0 Å². The smallest absolute Gasteiger partial charge is 0.345 e. The maximum atomic E-state index is 11.7. The molecule has 0 amide bonds. The first-order chi connectivity index (χ1) is 11.1. The molecular formula is C20H16O3. The number of hydrogen-bond acceptors (Lipinski definition) is 2. The number of carboxylic acid groups (broad SMARTS) is 1. The number of benzene rings is 3. The lowest BCUT2D eigenvalue weighted by molar-refractivity contribution is -0.155. The summed E-state index contributed by atoms with van der Waals surface area (Å²) >= 11 is 0. The average molecular weight is 304 g/mol. The van der Waals surface area contributed by atoms with Gasteiger partial charge in [-0.3, -0.25) is 0 Å². The molecule has 0 aliphatic rings. The minimum Gasteiger partial charge on any atom is -0.479 e. The normalized spacial score (nSPS) is 13.3. The van der Waals surface area contributed by atoms with Crippen LogP contribution in [0.25, 0.3) is 11.1 Å². The molecule has 114 valence electrons. The fourth-order valence-corrected chi connectivity index (χ4v) is 2.63. The van der Waals surface area contributed by atoms with Crippen LogP contribution in [0.4, 0.5) is 0 Å². The molecule has 3 aromatic rings. The highest BCUT2D eigenvalue weighted by Crippen LogP contribution is 2.31. The summed E-state index contributed by atoms with van der Waals surface area (Å²) in [5.74, 6) is -1.30. The topological polar surface area (TPSA) is 57.5 Å². The molecule has 3 heteroatoms. The van der Waals surface area contributed by atoms with E-state index in [2.05, 4.69) is 0 Å². The molecule has 0 spiro atoms. The number of carboxylic acids is 1. The minimum absolute atomic E-state index is 0.330. The Morgan fingerprint density at radius 1 is 0.652 bits per heavy atom. The molecule has 0 heterocycles. The second-order valence-corrected chi connectivity index (χ2v) is 5.32. The number of aliphatic hydroxyl groups is 1. The zero-order valence-corrected chi connectivity index (χ0v) is 12.4. The van der Waals surface area contributed by atoms with Gasteiger partial charge in [-0.05, 0) is 22.3 Å². The van der Waals surface area contributed by atoms with E-state index in [1.54, 1.807) is 42.5 Å². The molecule has 3 nitrogen and oxygen atoms in total. The van der Waals surface area contributed by atoms with E-state index in [-0.39, 0.29) is 0 Å². The maximum absolute atomic E-state index is 11.7. The first kappa shape index (κ1) is 15.0. The molecule has 0 saturated heterocycles. The quantitative estimate of drug-likeness (QED) is 0.773. The summed E-state index contributed by atoms with van der Waals surface area (Å²) < 4.78 is 0. The van der Waals surface area contributed by atoms with Crippen molar-refractivity contribution < 1.29 is 15.0 Å². The lowest BCUT2D eigenvalue weighted by atomic mass is 9.85. The van der Waals surface area contributed by atoms with Crippen LogP contribution in [0.5, 0.6) is 0 Å². The third-order valence-corrected chi connectivity index (χ3v) is 3.91. The second kappa shape index (κ2) is 6.07. The van der Waals surface area contributed by atoms with Gasteiger partial charge in [-0.2, -0.15) is 0 Å². The molecule has 3 rings (SSSR count). The summed E-state index contributed by atoms with van der Waals surface area (Å²) in [4.78, 5) is 11.7. The Hall–Kier alpha value is -2.91. The van der Waals surface area contributed by atoms with Gasteiger partial charge in [-0.1, -0.05) is 84.9 Å². The Morgan fingerprint density at radius 2 is 1.09 bits per heavy atom. The van der Waals surface area contributed by atoms with Crippen LogP contribution >= 0.6 is 0 Å². The Bertz CT molecular complexity index is 795. The van der Waals surface area contributed by atoms with Gasteiger partial charge in [0.15, 0.2) is 0 Å². The van der Waals surface area contributed by atoms with E-state index in [9.17, 15) is 15.0 Å². The summed E-state index contributed by atoms with van der Waals surface area (Å²) in [6, 6.07) is 25.2. The summed E-state index contributed by atoms with van der Waals surface area (Å²) in [7, 11) is 0. The van der Waals surface area contributed by atoms with Gasteiger partial charge in [0.1, 0.15) is 0 Å². The standard InChI is InChI=1S/C20H16O3/c21-19(22)20(23,17-9-5-2-6-10-17)18-13-11-16(12-14-18)15-7-3-1-4-8-15/h1-14,23H,(H,21,22). The Balaban J connectivity index is 2.04. The summed E-state index contributed by atoms with van der Waals surface area (Å²) in [5, 5.41) is 20.4. The van der Waals surface area contributed by atoms with Crippen LogP contribution in [0.3, 0.4) is 0 Å². The number of rotatable bonds is 4. The van der Waals surface area contributed by atoms with Gasteiger partial charge in [0.05, 0.1) is 0 Å². The van der Waals surface area contributed by atoms with Crippen LogP contribution < -0.4 is 0 Å². The second-order valence-electron chi connectivity index (χ2n) is 5.32. The highest BCUT2D eigenvalue weighted by atomic mass is 16.4. The van der Waals surface area contributed by atoms with Crippen molar-refractivity contribution in [3.8, 4) is 11.1 Å². The van der Waals surface area contributed by atoms with Gasteiger partial charge in [-0.15, -0.1) is 0 Å². The van der Waals surface area contributed by atoms with E-state index in [1.807, 2.05) is 42.5 Å². The van der Waals surface area contributed by atoms with Crippen molar-refractivity contribution in [2.45, 2.75) is 5.60 Å². The van der Waals surface area contributed by atoms with Crippen molar-refractivity contribution in [3.05, 3.63) is 96.1 Å². The molecule has 2 N–H and O–H groups in total. The molecule has 0 saturated carbocycles. The molecule has 0 bridgehead atoms. The van der Waals surface area contributed by atoms with Crippen molar-refractivity contribution in [3.63, 3.8) is 0 Å². The van der Waals surface area contributed by atoms with Crippen molar-refractivity contribution in [2.75, 3.05) is 0 Å². The Kier molecular flexibility index (Phi) is 3.96. The van der Waals surface area contributed by atoms with Crippen LogP contribution in [0.15, 0.2) is 84.9 Å². The van der Waals surface area contributed by atoms with E-state index in [1.165, 1.54) is 0 Å². The van der Waals surface area contributed by atoms with Gasteiger partial charge >= 0.3 is 5.97 Å². The van der Waals surface area contributed by atoms with Gasteiger partial charge in [0.2, 0.25) is 5.60 Å². The zero-order chi connectivity index (χ0) is 16.3. The van der Waals surface area contributed by atoms with E-state index in [0.29, 0.717) is 11.1 Å². The molecular weight excluding hydrogens is 288 g/mol. The fourth-order valence-electron chi connectivity index (χ4n) is 2.63. The fraction of sp³-hybridized carbons (Fsp3) is 0.0500. The minimum atomic E-state index is -2.06. The first-order valence-corrected chi connectivity index (χ1v) is 7.29. The highest BCUT2D eigenvalue weighted by Gasteiger charge is 2.39. The summed E-state index contributed by atoms with van der Waals surface area (Å²) in [6.45, 7) is 0. The molecule has 1 unspecified atom stereocenters. The largest absolute Gasteiger partial charge is 0.479 e. The number of carbonyl (C=O) groups is 1. The Labute approximate surface area is 134 Å². The predicted molar refractivity (Wildman–Crippen MR) is 89.0 cm³/mol. The third kappa shape index (κ3) is 2.74. The van der Waals surface area contributed by atoms with E-state index < -0.39 is 11.6 Å². The van der Waals surface area contributed by atoms with Crippen molar-refractivity contribution in [2.24, 2.45) is 0 Å². The number of hydrogen-bond donors (Lipinski definition) is 2. The monoisotopic (exact) mass is 304 g/mol. The molecule has 1 atom stereocenters. The molecule has 23 heavy (non-hydrogen) atoms. The van der Waals surface area contributed by atoms with E-state index in [0.717, 1.165) is 11.1 Å². The van der Waals surface area contributed by atoms with Crippen molar-refractivity contribution >= 4 is 5.97 Å². The molecule has 0 fully saturated rings. The molecule has 0 aromatic heterocycles. The van der Waals surface area contributed by atoms with Crippen LogP contribution in [-0.4, -0.2) is 16.2 Å². The van der Waals surface area contributed by atoms with E-state index in [4.69, 9.17) is 0 Å².